The van der Waals surface area contributed by atoms with Gasteiger partial charge in [0.1, 0.15) is 5.67 Å². The van der Waals surface area contributed by atoms with Crippen LogP contribution in [0, 0.1) is 23.8 Å². The summed E-state index contributed by atoms with van der Waals surface area (Å²) in [7, 11) is 0.750. The van der Waals surface area contributed by atoms with Gasteiger partial charge < -0.3 is 5.73 Å². The SMILES string of the molecule is CC1=[C-]C(C)C(C)=C1C.C[SiH]C.[Hf].[NH-]C12CC3CC(C1)CC(F)(C3)C2.c1ccc(-c2ccccc2)cc1. The predicted molar refractivity (Wildman–Crippen MR) is 156 cm³/mol. The van der Waals surface area contributed by atoms with E-state index in [-0.39, 0.29) is 31.4 Å². The Bertz CT molecular complexity index is 961. The fraction of sp³-hybridized carbons (Fsp3) is 0.515. The third-order valence-electron chi connectivity index (χ3n) is 8.11. The summed E-state index contributed by atoms with van der Waals surface area (Å²) in [5, 5.41) is 0. The number of hydrogen-bond acceptors (Lipinski definition) is 0. The summed E-state index contributed by atoms with van der Waals surface area (Å²) in [5.41, 5.74) is 13.6. The van der Waals surface area contributed by atoms with Crippen molar-refractivity contribution in [2.24, 2.45) is 17.8 Å². The van der Waals surface area contributed by atoms with Crippen molar-refractivity contribution >= 4 is 9.52 Å². The van der Waals surface area contributed by atoms with Gasteiger partial charge in [0.25, 0.3) is 0 Å². The quantitative estimate of drug-likeness (QED) is 0.212. The van der Waals surface area contributed by atoms with Gasteiger partial charge in [-0.25, -0.2) is 9.96 Å². The number of benzene rings is 2. The van der Waals surface area contributed by atoms with E-state index in [0.717, 1.165) is 35.2 Å². The topological polar surface area (TPSA) is 23.8 Å². The fourth-order valence-electron chi connectivity index (χ4n) is 6.57. The minimum absolute atomic E-state index is 0. The Morgan fingerprint density at radius 1 is 0.838 bits per heavy atom. The molecule has 4 saturated carbocycles. The molecule has 2 aromatic rings. The van der Waals surface area contributed by atoms with Crippen LogP contribution in [0.4, 0.5) is 4.39 Å². The van der Waals surface area contributed by atoms with Crippen LogP contribution in [0.25, 0.3) is 16.9 Å². The third-order valence-corrected chi connectivity index (χ3v) is 8.11. The molecule has 0 aliphatic heterocycles. The Labute approximate surface area is 247 Å². The van der Waals surface area contributed by atoms with Crippen molar-refractivity contribution in [2.75, 3.05) is 0 Å². The van der Waals surface area contributed by atoms with Crippen molar-refractivity contribution in [3.8, 4) is 11.1 Å². The molecule has 4 bridgehead atoms. The molecule has 199 valence electrons. The summed E-state index contributed by atoms with van der Waals surface area (Å²) in [5.74, 6) is 1.66. The molecular weight excluding hydrogens is 636 g/mol. The van der Waals surface area contributed by atoms with Gasteiger partial charge in [-0.05, 0) is 48.6 Å². The fourth-order valence-corrected chi connectivity index (χ4v) is 6.57. The number of alkyl halides is 1. The van der Waals surface area contributed by atoms with E-state index in [1.807, 2.05) is 12.1 Å². The van der Waals surface area contributed by atoms with E-state index in [4.69, 9.17) is 5.73 Å². The second-order valence-corrected chi connectivity index (χ2v) is 12.7. The minimum Gasteiger partial charge on any atom is -0.672 e. The van der Waals surface area contributed by atoms with Crippen LogP contribution in [0.3, 0.4) is 0 Å². The summed E-state index contributed by atoms with van der Waals surface area (Å²) >= 11 is 0. The molecule has 3 unspecified atom stereocenters. The number of halogens is 1. The standard InChI is InChI=1S/C12H10.C10H15FN.C9H13.C2H7Si.Hf/c1-3-7-11(8-4-1)12-9-5-2-6-10-12;11-9-2-7-1-8(3-9)5-10(12,4-7)6-9;1-6-5-7(2)9(4)8(6)3;1-3-2;/h1-10H;7-8,12H,1-6H2;6H,1-4H3;3H,1-2H3;/q;2*-1;;. The largest absolute Gasteiger partial charge is 0.672 e. The molecule has 4 heteroatoms. The predicted octanol–water partition coefficient (Wildman–Crippen LogP) is 9.69. The van der Waals surface area contributed by atoms with Crippen molar-refractivity contribution in [3.63, 3.8) is 0 Å². The van der Waals surface area contributed by atoms with Gasteiger partial charge in [0.05, 0.1) is 0 Å². The summed E-state index contributed by atoms with van der Waals surface area (Å²) < 4.78 is 14.0. The molecule has 5 aliphatic rings. The molecule has 1 radical (unpaired) electrons. The molecule has 0 spiro atoms. The number of allylic oxidation sites excluding steroid dienone is 4. The zero-order valence-electron chi connectivity index (χ0n) is 23.7. The number of rotatable bonds is 1. The second-order valence-electron chi connectivity index (χ2n) is 11.5. The number of hydrogen-bond donors (Lipinski definition) is 0. The molecule has 0 amide bonds. The van der Waals surface area contributed by atoms with E-state index in [1.54, 1.807) is 0 Å². The molecule has 5 aliphatic carbocycles. The average molecular weight is 681 g/mol. The van der Waals surface area contributed by atoms with Crippen molar-refractivity contribution in [1.29, 1.82) is 0 Å². The number of nitrogens with one attached hydrogen (secondary N) is 1. The van der Waals surface area contributed by atoms with Crippen molar-refractivity contribution < 1.29 is 30.2 Å². The minimum atomic E-state index is -0.925. The van der Waals surface area contributed by atoms with Crippen molar-refractivity contribution in [2.45, 2.75) is 90.5 Å². The van der Waals surface area contributed by atoms with E-state index >= 15 is 0 Å². The van der Waals surface area contributed by atoms with E-state index in [0.29, 0.717) is 24.2 Å². The molecule has 0 saturated heterocycles. The van der Waals surface area contributed by atoms with Crippen LogP contribution in [0.5, 0.6) is 0 Å². The van der Waals surface area contributed by atoms with Crippen molar-refractivity contribution in [3.05, 3.63) is 89.2 Å². The maximum absolute atomic E-state index is 14.0. The maximum Gasteiger partial charge on any atom is 0.110 e. The van der Waals surface area contributed by atoms with Gasteiger partial charge in [0.2, 0.25) is 0 Å². The van der Waals surface area contributed by atoms with Gasteiger partial charge in [0.15, 0.2) is 0 Å². The normalized spacial score (nSPS) is 30.5. The summed E-state index contributed by atoms with van der Waals surface area (Å²) in [4.78, 5) is 0. The van der Waals surface area contributed by atoms with E-state index in [9.17, 15) is 4.39 Å². The van der Waals surface area contributed by atoms with E-state index < -0.39 is 5.67 Å². The Kier molecular flexibility index (Phi) is 12.4. The van der Waals surface area contributed by atoms with Gasteiger partial charge in [-0.3, -0.25) is 6.08 Å². The molecular formula is C33H45FHfNSi-2. The average Bonchev–Trinajstić information content (AvgIpc) is 3.04. The monoisotopic (exact) mass is 682 g/mol. The van der Waals surface area contributed by atoms with Crippen molar-refractivity contribution in [1.82, 2.24) is 0 Å². The van der Waals surface area contributed by atoms with Crippen LogP contribution < -0.4 is 0 Å². The van der Waals surface area contributed by atoms with Gasteiger partial charge in [0, 0.05) is 35.4 Å². The first kappa shape index (κ1) is 32.1. The molecule has 37 heavy (non-hydrogen) atoms. The van der Waals surface area contributed by atoms with Gasteiger partial charge >= 0.3 is 0 Å². The Morgan fingerprint density at radius 2 is 1.27 bits per heavy atom. The third kappa shape index (κ3) is 8.97. The second kappa shape index (κ2) is 14.3. The molecule has 0 aromatic heterocycles. The van der Waals surface area contributed by atoms with Gasteiger partial charge in [-0.1, -0.05) is 113 Å². The van der Waals surface area contributed by atoms with Gasteiger partial charge in [-0.15, -0.1) is 12.5 Å². The van der Waals surface area contributed by atoms with Crippen LogP contribution in [0.2, 0.25) is 13.1 Å². The molecule has 3 atom stereocenters. The first-order valence-corrected chi connectivity index (χ1v) is 15.9. The van der Waals surface area contributed by atoms with E-state index in [1.165, 1.54) is 34.3 Å². The smallest absolute Gasteiger partial charge is 0.110 e. The zero-order valence-corrected chi connectivity index (χ0v) is 28.5. The summed E-state index contributed by atoms with van der Waals surface area (Å²) in [6.07, 6.45) is 8.61. The summed E-state index contributed by atoms with van der Waals surface area (Å²) in [6.45, 7) is 13.1. The van der Waals surface area contributed by atoms with Crippen LogP contribution >= 0.6 is 0 Å². The molecule has 2 aromatic carbocycles. The first-order valence-electron chi connectivity index (χ1n) is 13.6. The van der Waals surface area contributed by atoms with Crippen LogP contribution in [0.15, 0.2) is 77.4 Å². The molecule has 0 heterocycles. The van der Waals surface area contributed by atoms with Crippen LogP contribution in [-0.4, -0.2) is 20.7 Å². The molecule has 7 rings (SSSR count). The van der Waals surface area contributed by atoms with Crippen LogP contribution in [-0.2, 0) is 25.8 Å². The molecule has 1 N–H and O–H groups in total. The maximum atomic E-state index is 14.0. The zero-order chi connectivity index (χ0) is 26.3. The van der Waals surface area contributed by atoms with Crippen LogP contribution in [0.1, 0.15) is 66.2 Å². The Morgan fingerprint density at radius 3 is 1.54 bits per heavy atom. The first-order chi connectivity index (χ1) is 17.1. The Hall–Kier alpha value is -1.10. The molecule has 4 fully saturated rings. The molecule has 1 nitrogen and oxygen atoms in total. The Balaban J connectivity index is 0.000000185. The van der Waals surface area contributed by atoms with Gasteiger partial charge in [-0.2, -0.15) is 11.1 Å². The van der Waals surface area contributed by atoms with E-state index in [2.05, 4.69) is 95.4 Å². The summed E-state index contributed by atoms with van der Waals surface area (Å²) in [6, 6.07) is 20.8.